The van der Waals surface area contributed by atoms with E-state index in [1.807, 2.05) is 68.7 Å². The van der Waals surface area contributed by atoms with Crippen LogP contribution in [-0.2, 0) is 4.74 Å². The van der Waals surface area contributed by atoms with Gasteiger partial charge < -0.3 is 30.0 Å². The molecule has 0 saturated carbocycles. The molecule has 1 fully saturated rings. The van der Waals surface area contributed by atoms with Crippen LogP contribution in [0.25, 0.3) is 16.0 Å². The van der Waals surface area contributed by atoms with Crippen molar-refractivity contribution in [1.29, 1.82) is 0 Å². The van der Waals surface area contributed by atoms with Crippen molar-refractivity contribution in [3.05, 3.63) is 70.3 Å². The molecule has 4 aromatic rings. The zero-order chi connectivity index (χ0) is 30.2. The number of aromatic nitrogens is 2. The number of halogens is 1. The summed E-state index contributed by atoms with van der Waals surface area (Å²) < 4.78 is 20.5. The number of nitrogens with two attached hydrogens (primary N) is 1. The molecule has 42 heavy (non-hydrogen) atoms. The van der Waals surface area contributed by atoms with Crippen molar-refractivity contribution in [2.24, 2.45) is 11.1 Å². The maximum atomic E-state index is 12.3. The number of fused-ring (bicyclic) bond motifs is 1. The number of morpholine rings is 1. The van der Waals surface area contributed by atoms with E-state index in [0.29, 0.717) is 34.7 Å². The van der Waals surface area contributed by atoms with E-state index in [-0.39, 0.29) is 18.0 Å². The molecule has 0 unspecified atom stereocenters. The number of amides is 2. The van der Waals surface area contributed by atoms with Crippen LogP contribution in [0.2, 0.25) is 5.02 Å². The standard InChI is InChI=1S/C30H33ClN4O6S/c1-18(20-7-5-6-8-21(20)31)41-24-14-25(42-26(24)27(32)36)35-17-33-22-10-9-19(13-23(22)35)39-16-30(29(2,3)4)15-34(28(37)38)11-12-40-30/h5-10,13-14,17-18H,11-12,15-16H2,1-4H3,(H2,32,36)(H,37,38)/t18-,30-/m1/s1. The van der Waals surface area contributed by atoms with Gasteiger partial charge in [-0.05, 0) is 30.5 Å². The molecule has 2 aromatic carbocycles. The van der Waals surface area contributed by atoms with Crippen LogP contribution >= 0.6 is 22.9 Å². The van der Waals surface area contributed by atoms with Gasteiger partial charge in [0.05, 0.1) is 24.2 Å². The first-order valence-corrected chi connectivity index (χ1v) is 14.6. The molecule has 2 atom stereocenters. The van der Waals surface area contributed by atoms with Gasteiger partial charge >= 0.3 is 6.09 Å². The summed E-state index contributed by atoms with van der Waals surface area (Å²) in [5.41, 5.74) is 6.74. The number of rotatable bonds is 8. The number of nitrogens with zero attached hydrogens (tertiary/aromatic N) is 3. The van der Waals surface area contributed by atoms with Gasteiger partial charge in [0.15, 0.2) is 0 Å². The maximum Gasteiger partial charge on any atom is 0.407 e. The Morgan fingerprint density at radius 1 is 1.24 bits per heavy atom. The van der Waals surface area contributed by atoms with Crippen LogP contribution in [0.3, 0.4) is 0 Å². The van der Waals surface area contributed by atoms with Crippen LogP contribution in [-0.4, -0.2) is 63.5 Å². The van der Waals surface area contributed by atoms with E-state index in [1.165, 1.54) is 16.2 Å². The normalized spacial score (nSPS) is 18.2. The number of hydrogen-bond acceptors (Lipinski definition) is 7. The molecule has 0 aliphatic carbocycles. The van der Waals surface area contributed by atoms with Crippen molar-refractivity contribution < 1.29 is 28.9 Å². The van der Waals surface area contributed by atoms with E-state index in [9.17, 15) is 14.7 Å². The van der Waals surface area contributed by atoms with Gasteiger partial charge in [-0.15, -0.1) is 11.3 Å². The van der Waals surface area contributed by atoms with Crippen LogP contribution in [0.5, 0.6) is 11.5 Å². The lowest BCUT2D eigenvalue weighted by Gasteiger charge is -2.49. The van der Waals surface area contributed by atoms with Crippen molar-refractivity contribution in [2.75, 3.05) is 26.3 Å². The van der Waals surface area contributed by atoms with Crippen molar-refractivity contribution in [2.45, 2.75) is 39.4 Å². The molecule has 0 bridgehead atoms. The average Bonchev–Trinajstić information content (AvgIpc) is 3.55. The van der Waals surface area contributed by atoms with E-state index >= 15 is 0 Å². The Labute approximate surface area is 252 Å². The van der Waals surface area contributed by atoms with Crippen LogP contribution in [0.1, 0.15) is 49.0 Å². The highest BCUT2D eigenvalue weighted by molar-refractivity contribution is 7.16. The fraction of sp³-hybridized carbons (Fsp3) is 0.367. The number of primary amides is 1. The fourth-order valence-electron chi connectivity index (χ4n) is 4.96. The van der Waals surface area contributed by atoms with Crippen molar-refractivity contribution in [3.63, 3.8) is 0 Å². The second-order valence-corrected chi connectivity index (χ2v) is 12.7. The van der Waals surface area contributed by atoms with Gasteiger partial charge in [-0.25, -0.2) is 9.78 Å². The Bertz CT molecular complexity index is 1630. The van der Waals surface area contributed by atoms with E-state index in [0.717, 1.165) is 16.6 Å². The third kappa shape index (κ3) is 5.77. The monoisotopic (exact) mass is 612 g/mol. The topological polar surface area (TPSA) is 129 Å². The first-order chi connectivity index (χ1) is 19.9. The predicted octanol–water partition coefficient (Wildman–Crippen LogP) is 6.15. The number of hydrogen-bond donors (Lipinski definition) is 2. The summed E-state index contributed by atoms with van der Waals surface area (Å²) in [6, 6.07) is 14.6. The predicted molar refractivity (Wildman–Crippen MR) is 161 cm³/mol. The van der Waals surface area contributed by atoms with E-state index in [2.05, 4.69) is 4.98 Å². The minimum absolute atomic E-state index is 0.155. The molecular weight excluding hydrogens is 580 g/mol. The first kappa shape index (κ1) is 29.7. The Morgan fingerprint density at radius 2 is 2.00 bits per heavy atom. The summed E-state index contributed by atoms with van der Waals surface area (Å²) in [6.07, 6.45) is 0.263. The molecule has 3 heterocycles. The summed E-state index contributed by atoms with van der Waals surface area (Å²) >= 11 is 7.55. The molecule has 12 heteroatoms. The molecule has 2 aromatic heterocycles. The van der Waals surface area contributed by atoms with Gasteiger partial charge in [0, 0.05) is 29.3 Å². The smallest absolute Gasteiger partial charge is 0.407 e. The average molecular weight is 613 g/mol. The van der Waals surface area contributed by atoms with Crippen LogP contribution in [0.15, 0.2) is 54.9 Å². The number of carbonyl (C=O) groups excluding carboxylic acids is 1. The van der Waals surface area contributed by atoms with E-state index in [4.69, 9.17) is 31.5 Å². The summed E-state index contributed by atoms with van der Waals surface area (Å²) in [7, 11) is 0. The molecule has 1 aliphatic rings. The lowest BCUT2D eigenvalue weighted by atomic mass is 9.75. The Morgan fingerprint density at radius 3 is 2.69 bits per heavy atom. The molecule has 5 rings (SSSR count). The first-order valence-electron chi connectivity index (χ1n) is 13.5. The number of benzene rings is 2. The van der Waals surface area contributed by atoms with Crippen molar-refractivity contribution in [1.82, 2.24) is 14.5 Å². The minimum Gasteiger partial charge on any atom is -0.490 e. The number of ether oxygens (including phenoxy) is 3. The minimum atomic E-state index is -0.979. The van der Waals surface area contributed by atoms with Gasteiger partial charge in [0.2, 0.25) is 0 Å². The van der Waals surface area contributed by atoms with Crippen molar-refractivity contribution >= 4 is 46.0 Å². The van der Waals surface area contributed by atoms with Crippen LogP contribution in [0.4, 0.5) is 4.79 Å². The van der Waals surface area contributed by atoms with Gasteiger partial charge in [-0.1, -0.05) is 50.6 Å². The Balaban J connectivity index is 1.43. The van der Waals surface area contributed by atoms with Gasteiger partial charge in [0.1, 0.15) is 46.0 Å². The highest BCUT2D eigenvalue weighted by Crippen LogP contribution is 2.39. The molecule has 222 valence electrons. The number of carboxylic acid groups (broad SMARTS) is 1. The number of thiophene rings is 1. The third-order valence-corrected chi connectivity index (χ3v) is 9.08. The second kappa shape index (κ2) is 11.5. The highest BCUT2D eigenvalue weighted by atomic mass is 35.5. The van der Waals surface area contributed by atoms with Gasteiger partial charge in [0.25, 0.3) is 5.91 Å². The summed E-state index contributed by atoms with van der Waals surface area (Å²) in [5, 5.41) is 10.9. The number of carbonyl (C=O) groups is 2. The molecule has 0 radical (unpaired) electrons. The molecule has 1 aliphatic heterocycles. The third-order valence-electron chi connectivity index (χ3n) is 7.61. The summed E-state index contributed by atoms with van der Waals surface area (Å²) in [5.74, 6) is 0.324. The molecule has 10 nitrogen and oxygen atoms in total. The molecule has 0 spiro atoms. The number of imidazole rings is 1. The highest BCUT2D eigenvalue weighted by Gasteiger charge is 2.48. The van der Waals surface area contributed by atoms with E-state index < -0.39 is 29.1 Å². The summed E-state index contributed by atoms with van der Waals surface area (Å²) in [6.45, 7) is 8.86. The molecular formula is C30H33ClN4O6S. The Kier molecular flexibility index (Phi) is 8.10. The molecule has 3 N–H and O–H groups in total. The fourth-order valence-corrected chi connectivity index (χ4v) is 6.17. The summed E-state index contributed by atoms with van der Waals surface area (Å²) in [4.78, 5) is 30.2. The lowest BCUT2D eigenvalue weighted by molar-refractivity contribution is -0.175. The zero-order valence-corrected chi connectivity index (χ0v) is 25.4. The van der Waals surface area contributed by atoms with Gasteiger partial charge in [-0.3, -0.25) is 9.36 Å². The molecule has 2 amide bonds. The Hall–Kier alpha value is -3.80. The molecule has 1 saturated heterocycles. The SMILES string of the molecule is C[C@@H](Oc1cc(-n2cnc3ccc(OC[C@@]4(C(C)(C)C)CN(C(=O)O)CCO4)cc32)sc1C(N)=O)c1ccccc1Cl. The van der Waals surface area contributed by atoms with Gasteiger partial charge in [-0.2, -0.15) is 0 Å². The lowest BCUT2D eigenvalue weighted by Crippen LogP contribution is -2.62. The van der Waals surface area contributed by atoms with E-state index in [1.54, 1.807) is 18.5 Å². The van der Waals surface area contributed by atoms with Crippen LogP contribution in [0, 0.1) is 5.41 Å². The van der Waals surface area contributed by atoms with Crippen LogP contribution < -0.4 is 15.2 Å². The quantitative estimate of drug-likeness (QED) is 0.244. The zero-order valence-electron chi connectivity index (χ0n) is 23.8. The second-order valence-electron chi connectivity index (χ2n) is 11.3. The van der Waals surface area contributed by atoms with Crippen molar-refractivity contribution in [3.8, 4) is 16.5 Å². The maximum absolute atomic E-state index is 12.3. The largest absolute Gasteiger partial charge is 0.490 e.